The van der Waals surface area contributed by atoms with Gasteiger partial charge in [-0.3, -0.25) is 5.41 Å². The summed E-state index contributed by atoms with van der Waals surface area (Å²) < 4.78 is 5.22. The summed E-state index contributed by atoms with van der Waals surface area (Å²) in [6.07, 6.45) is 2.54. The van der Waals surface area contributed by atoms with E-state index < -0.39 is 0 Å². The second-order valence-electron chi connectivity index (χ2n) is 5.34. The van der Waals surface area contributed by atoms with Gasteiger partial charge in [-0.1, -0.05) is 11.6 Å². The fourth-order valence-electron chi connectivity index (χ4n) is 2.54. The molecule has 2 rings (SSSR count). The highest BCUT2D eigenvalue weighted by molar-refractivity contribution is 6.31. The van der Waals surface area contributed by atoms with Crippen molar-refractivity contribution in [3.8, 4) is 0 Å². The molecule has 20 heavy (non-hydrogen) atoms. The molecule has 4 nitrogen and oxygen atoms in total. The highest BCUT2D eigenvalue weighted by Gasteiger charge is 2.33. The minimum absolute atomic E-state index is 0.0490. The molecule has 1 fully saturated rings. The van der Waals surface area contributed by atoms with Gasteiger partial charge in [0.2, 0.25) is 0 Å². The van der Waals surface area contributed by atoms with Gasteiger partial charge in [-0.15, -0.1) is 0 Å². The Hall–Kier alpha value is -1.26. The normalized spacial score (nSPS) is 15.9. The lowest BCUT2D eigenvalue weighted by atomic mass is 10.1. The Labute approximate surface area is 125 Å². The molecule has 0 saturated heterocycles. The molecule has 1 unspecified atom stereocenters. The smallest absolute Gasteiger partial charge is 0.124 e. The van der Waals surface area contributed by atoms with Gasteiger partial charge in [0.15, 0.2) is 0 Å². The molecule has 1 aromatic carbocycles. The van der Waals surface area contributed by atoms with Gasteiger partial charge in [-0.05, 0) is 43.9 Å². The van der Waals surface area contributed by atoms with E-state index in [1.807, 2.05) is 12.1 Å². The van der Waals surface area contributed by atoms with Gasteiger partial charge in [0, 0.05) is 36.0 Å². The topological polar surface area (TPSA) is 62.3 Å². The maximum atomic E-state index is 7.77. The van der Waals surface area contributed by atoms with Crippen molar-refractivity contribution >= 4 is 23.1 Å². The summed E-state index contributed by atoms with van der Waals surface area (Å²) in [5.41, 5.74) is 7.37. The van der Waals surface area contributed by atoms with Crippen LogP contribution in [0.25, 0.3) is 0 Å². The standard InChI is InChI=1S/C15H22ClN3O/c1-10(11-3-4-11)19(7-8-20-2)14-6-5-12(16)9-13(14)15(17)18/h5-6,9-11H,3-4,7-8H2,1-2H3,(H3,17,18). The number of methoxy groups -OCH3 is 1. The number of nitrogen functional groups attached to an aromatic ring is 1. The van der Waals surface area contributed by atoms with Gasteiger partial charge in [0.05, 0.1) is 6.61 Å². The van der Waals surface area contributed by atoms with Crippen molar-refractivity contribution in [2.75, 3.05) is 25.2 Å². The van der Waals surface area contributed by atoms with Crippen LogP contribution in [-0.4, -0.2) is 32.1 Å². The number of rotatable bonds is 7. The molecule has 0 bridgehead atoms. The van der Waals surface area contributed by atoms with Gasteiger partial charge in [0.25, 0.3) is 0 Å². The van der Waals surface area contributed by atoms with E-state index in [0.29, 0.717) is 23.2 Å². The van der Waals surface area contributed by atoms with E-state index in [2.05, 4.69) is 11.8 Å². The minimum Gasteiger partial charge on any atom is -0.384 e. The van der Waals surface area contributed by atoms with Gasteiger partial charge >= 0.3 is 0 Å². The fourth-order valence-corrected chi connectivity index (χ4v) is 2.71. The van der Waals surface area contributed by atoms with Crippen molar-refractivity contribution in [3.63, 3.8) is 0 Å². The molecular formula is C15H22ClN3O. The van der Waals surface area contributed by atoms with Crippen LogP contribution in [0.3, 0.4) is 0 Å². The van der Waals surface area contributed by atoms with Gasteiger partial charge < -0.3 is 15.4 Å². The van der Waals surface area contributed by atoms with Gasteiger partial charge in [0.1, 0.15) is 5.84 Å². The average Bonchev–Trinajstić information content (AvgIpc) is 3.24. The molecule has 1 atom stereocenters. The second-order valence-corrected chi connectivity index (χ2v) is 5.78. The number of hydrogen-bond acceptors (Lipinski definition) is 3. The predicted octanol–water partition coefficient (Wildman–Crippen LogP) is 2.88. The number of anilines is 1. The number of ether oxygens (including phenoxy) is 1. The summed E-state index contributed by atoms with van der Waals surface area (Å²) in [5.74, 6) is 0.773. The Kier molecular flexibility index (Phi) is 4.89. The summed E-state index contributed by atoms with van der Waals surface area (Å²) >= 11 is 6.03. The van der Waals surface area contributed by atoms with Crippen LogP contribution in [0, 0.1) is 11.3 Å². The molecular weight excluding hydrogens is 274 g/mol. The lowest BCUT2D eigenvalue weighted by molar-refractivity contribution is 0.202. The summed E-state index contributed by atoms with van der Waals surface area (Å²) in [4.78, 5) is 2.29. The van der Waals surface area contributed by atoms with Gasteiger partial charge in [-0.2, -0.15) is 0 Å². The lowest BCUT2D eigenvalue weighted by Crippen LogP contribution is -2.38. The van der Waals surface area contributed by atoms with Crippen LogP contribution in [0.15, 0.2) is 18.2 Å². The second kappa shape index (κ2) is 6.46. The molecule has 0 aromatic heterocycles. The first-order valence-corrected chi connectivity index (χ1v) is 7.32. The summed E-state index contributed by atoms with van der Waals surface area (Å²) in [7, 11) is 1.70. The summed E-state index contributed by atoms with van der Waals surface area (Å²) in [5, 5.41) is 8.37. The third kappa shape index (κ3) is 3.44. The zero-order valence-electron chi connectivity index (χ0n) is 12.0. The highest BCUT2D eigenvalue weighted by Crippen LogP contribution is 2.38. The average molecular weight is 296 g/mol. The third-order valence-electron chi connectivity index (χ3n) is 3.89. The Balaban J connectivity index is 2.33. The fraction of sp³-hybridized carbons (Fsp3) is 0.533. The molecule has 110 valence electrons. The first kappa shape index (κ1) is 15.1. The molecule has 0 amide bonds. The number of nitrogens with two attached hydrogens (primary N) is 1. The number of benzene rings is 1. The Bertz CT molecular complexity index is 488. The van der Waals surface area contributed by atoms with Crippen LogP contribution >= 0.6 is 11.6 Å². The number of nitrogens with zero attached hydrogens (tertiary/aromatic N) is 1. The van der Waals surface area contributed by atoms with E-state index in [0.717, 1.165) is 18.2 Å². The van der Waals surface area contributed by atoms with Crippen molar-refractivity contribution in [2.24, 2.45) is 11.7 Å². The van der Waals surface area contributed by atoms with Gasteiger partial charge in [-0.25, -0.2) is 0 Å². The van der Waals surface area contributed by atoms with E-state index in [4.69, 9.17) is 27.5 Å². The minimum atomic E-state index is 0.0490. The molecule has 3 N–H and O–H groups in total. The third-order valence-corrected chi connectivity index (χ3v) is 4.13. The van der Waals surface area contributed by atoms with Crippen LogP contribution in [0.1, 0.15) is 25.3 Å². The van der Waals surface area contributed by atoms with E-state index in [1.54, 1.807) is 13.2 Å². The van der Waals surface area contributed by atoms with Crippen LogP contribution in [0.5, 0.6) is 0 Å². The Morgan fingerprint density at radius 2 is 2.25 bits per heavy atom. The molecule has 1 aromatic rings. The van der Waals surface area contributed by atoms with Crippen molar-refractivity contribution in [1.82, 2.24) is 0 Å². The zero-order chi connectivity index (χ0) is 14.7. The largest absolute Gasteiger partial charge is 0.384 e. The molecule has 0 aliphatic heterocycles. The van der Waals surface area contributed by atoms with Crippen molar-refractivity contribution < 1.29 is 4.74 Å². The maximum absolute atomic E-state index is 7.77. The quantitative estimate of drug-likeness (QED) is 0.600. The predicted molar refractivity (Wildman–Crippen MR) is 83.9 cm³/mol. The van der Waals surface area contributed by atoms with Crippen LogP contribution < -0.4 is 10.6 Å². The molecule has 1 saturated carbocycles. The van der Waals surface area contributed by atoms with E-state index in [9.17, 15) is 0 Å². The van der Waals surface area contributed by atoms with E-state index in [-0.39, 0.29) is 5.84 Å². The molecule has 5 heteroatoms. The zero-order valence-corrected chi connectivity index (χ0v) is 12.8. The number of halogens is 1. The SMILES string of the molecule is COCCN(c1ccc(Cl)cc1C(=N)N)C(C)C1CC1. The molecule has 0 heterocycles. The van der Waals surface area contributed by atoms with E-state index >= 15 is 0 Å². The molecule has 1 aliphatic carbocycles. The summed E-state index contributed by atoms with van der Waals surface area (Å²) in [6, 6.07) is 5.99. The first-order chi connectivity index (χ1) is 9.54. The number of hydrogen-bond donors (Lipinski definition) is 2. The Morgan fingerprint density at radius 3 is 2.80 bits per heavy atom. The van der Waals surface area contributed by atoms with Crippen molar-refractivity contribution in [3.05, 3.63) is 28.8 Å². The van der Waals surface area contributed by atoms with Crippen molar-refractivity contribution in [2.45, 2.75) is 25.8 Å². The molecule has 0 radical (unpaired) electrons. The lowest BCUT2D eigenvalue weighted by Gasteiger charge is -2.33. The molecule has 0 spiro atoms. The monoisotopic (exact) mass is 295 g/mol. The molecule has 1 aliphatic rings. The first-order valence-electron chi connectivity index (χ1n) is 6.94. The van der Waals surface area contributed by atoms with E-state index in [1.165, 1.54) is 12.8 Å². The van der Waals surface area contributed by atoms with Crippen LogP contribution in [0.2, 0.25) is 5.02 Å². The number of amidine groups is 1. The highest BCUT2D eigenvalue weighted by atomic mass is 35.5. The van der Waals surface area contributed by atoms with Crippen LogP contribution in [-0.2, 0) is 4.74 Å². The maximum Gasteiger partial charge on any atom is 0.124 e. The number of nitrogens with one attached hydrogen (secondary N) is 1. The Morgan fingerprint density at radius 1 is 1.55 bits per heavy atom. The summed E-state index contributed by atoms with van der Waals surface area (Å²) in [6.45, 7) is 3.67. The van der Waals surface area contributed by atoms with Crippen LogP contribution in [0.4, 0.5) is 5.69 Å². The van der Waals surface area contributed by atoms with Crippen molar-refractivity contribution in [1.29, 1.82) is 5.41 Å².